The molecule has 5 heteroatoms. The van der Waals surface area contributed by atoms with Crippen LogP contribution in [0.5, 0.6) is 5.75 Å². The van der Waals surface area contributed by atoms with Gasteiger partial charge in [0, 0.05) is 0 Å². The fraction of sp³-hybridized carbons (Fsp3) is 0.100. The first-order valence-corrected chi connectivity index (χ1v) is 4.39. The quantitative estimate of drug-likeness (QED) is 0.742. The van der Waals surface area contributed by atoms with Crippen molar-refractivity contribution in [3.05, 3.63) is 35.7 Å². The van der Waals surface area contributed by atoms with Crippen LogP contribution in [0.2, 0.25) is 0 Å². The highest BCUT2D eigenvalue weighted by Crippen LogP contribution is 2.14. The van der Waals surface area contributed by atoms with E-state index in [2.05, 4.69) is 10.3 Å². The number of phenolic OH excluding ortho intramolecular Hbond substituents is 1. The Morgan fingerprint density at radius 1 is 1.33 bits per heavy atom. The number of aromatic hydroxyl groups is 1. The van der Waals surface area contributed by atoms with Crippen LogP contribution in [0.25, 0.3) is 5.69 Å². The van der Waals surface area contributed by atoms with Crippen molar-refractivity contribution in [2.45, 2.75) is 6.92 Å². The number of hydrogen-bond donors (Lipinski definition) is 1. The molecule has 76 valence electrons. The molecule has 1 aromatic heterocycles. The van der Waals surface area contributed by atoms with Gasteiger partial charge in [-0.3, -0.25) is 4.79 Å². The van der Waals surface area contributed by atoms with E-state index in [9.17, 15) is 4.79 Å². The predicted octanol–water partition coefficient (Wildman–Crippen LogP) is 1.09. The summed E-state index contributed by atoms with van der Waals surface area (Å²) < 4.78 is 1.54. The number of carbonyl (C=O) groups excluding carboxylic acids is 1. The Morgan fingerprint density at radius 2 is 2.00 bits per heavy atom. The highest BCUT2D eigenvalue weighted by atomic mass is 16.3. The van der Waals surface area contributed by atoms with Crippen molar-refractivity contribution in [2.24, 2.45) is 0 Å². The molecule has 2 aromatic rings. The number of carbonyl (C=O) groups is 1. The van der Waals surface area contributed by atoms with Gasteiger partial charge in [0.2, 0.25) is 0 Å². The lowest BCUT2D eigenvalue weighted by molar-refractivity contribution is 0.111. The van der Waals surface area contributed by atoms with Gasteiger partial charge >= 0.3 is 0 Å². The minimum atomic E-state index is 0.187. The molecule has 1 heterocycles. The molecule has 0 spiro atoms. The van der Waals surface area contributed by atoms with E-state index in [-0.39, 0.29) is 5.75 Å². The van der Waals surface area contributed by atoms with E-state index >= 15 is 0 Å². The fourth-order valence-electron chi connectivity index (χ4n) is 1.29. The molecule has 15 heavy (non-hydrogen) atoms. The highest BCUT2D eigenvalue weighted by molar-refractivity contribution is 5.73. The monoisotopic (exact) mass is 203 g/mol. The standard InChI is InChI=1S/C10H9N3O2/c1-7-10(6-14)11-12-13(7)8-2-4-9(15)5-3-8/h2-6,15H,1H3. The van der Waals surface area contributed by atoms with Crippen LogP contribution in [-0.4, -0.2) is 26.4 Å². The molecule has 1 aromatic carbocycles. The van der Waals surface area contributed by atoms with Gasteiger partial charge in [0.1, 0.15) is 11.4 Å². The molecule has 0 radical (unpaired) electrons. The van der Waals surface area contributed by atoms with E-state index in [4.69, 9.17) is 5.11 Å². The van der Waals surface area contributed by atoms with Crippen LogP contribution in [-0.2, 0) is 0 Å². The Kier molecular flexibility index (Phi) is 2.21. The Bertz CT molecular complexity index is 488. The maximum absolute atomic E-state index is 10.6. The molecular weight excluding hydrogens is 194 g/mol. The molecular formula is C10H9N3O2. The average Bonchev–Trinajstić information content (AvgIpc) is 2.61. The van der Waals surface area contributed by atoms with E-state index < -0.39 is 0 Å². The second-order valence-electron chi connectivity index (χ2n) is 3.11. The van der Waals surface area contributed by atoms with Gasteiger partial charge in [0.25, 0.3) is 0 Å². The summed E-state index contributed by atoms with van der Waals surface area (Å²) in [5, 5.41) is 16.7. The zero-order chi connectivity index (χ0) is 10.8. The summed E-state index contributed by atoms with van der Waals surface area (Å²) in [6.07, 6.45) is 0.666. The zero-order valence-electron chi connectivity index (χ0n) is 8.08. The molecule has 0 saturated carbocycles. The summed E-state index contributed by atoms with van der Waals surface area (Å²) >= 11 is 0. The van der Waals surface area contributed by atoms with Crippen molar-refractivity contribution in [3.8, 4) is 11.4 Å². The molecule has 0 aliphatic rings. The van der Waals surface area contributed by atoms with Crippen LogP contribution in [0.15, 0.2) is 24.3 Å². The largest absolute Gasteiger partial charge is 0.508 e. The van der Waals surface area contributed by atoms with Crippen molar-refractivity contribution in [2.75, 3.05) is 0 Å². The predicted molar refractivity (Wildman–Crippen MR) is 53.1 cm³/mol. The third kappa shape index (κ3) is 1.59. The number of aromatic nitrogens is 3. The van der Waals surface area contributed by atoms with Gasteiger partial charge in [-0.05, 0) is 31.2 Å². The lowest BCUT2D eigenvalue weighted by atomic mass is 10.3. The number of nitrogens with zero attached hydrogens (tertiary/aromatic N) is 3. The molecule has 0 fully saturated rings. The summed E-state index contributed by atoms with van der Waals surface area (Å²) in [5.41, 5.74) is 1.75. The Labute approximate surface area is 86.0 Å². The fourth-order valence-corrected chi connectivity index (χ4v) is 1.29. The van der Waals surface area contributed by atoms with Crippen LogP contribution in [0.4, 0.5) is 0 Å². The van der Waals surface area contributed by atoms with Gasteiger partial charge in [-0.2, -0.15) is 0 Å². The molecule has 0 aliphatic carbocycles. The van der Waals surface area contributed by atoms with Crippen LogP contribution in [0, 0.1) is 6.92 Å². The van der Waals surface area contributed by atoms with Crippen molar-refractivity contribution < 1.29 is 9.90 Å². The summed E-state index contributed by atoms with van der Waals surface area (Å²) in [5.74, 6) is 0.187. The summed E-state index contributed by atoms with van der Waals surface area (Å²) in [6, 6.07) is 6.51. The first kappa shape index (κ1) is 9.39. The Hall–Kier alpha value is -2.17. The van der Waals surface area contributed by atoms with Crippen molar-refractivity contribution in [1.29, 1.82) is 0 Å². The van der Waals surface area contributed by atoms with E-state index in [1.807, 2.05) is 0 Å². The van der Waals surface area contributed by atoms with E-state index in [1.165, 1.54) is 0 Å². The van der Waals surface area contributed by atoms with E-state index in [1.54, 1.807) is 35.9 Å². The molecule has 0 saturated heterocycles. The van der Waals surface area contributed by atoms with E-state index in [0.717, 1.165) is 5.69 Å². The second-order valence-corrected chi connectivity index (χ2v) is 3.11. The SMILES string of the molecule is Cc1c(C=O)nnn1-c1ccc(O)cc1. The third-order valence-electron chi connectivity index (χ3n) is 2.14. The first-order chi connectivity index (χ1) is 7.22. The lowest BCUT2D eigenvalue weighted by Crippen LogP contribution is -1.98. The molecule has 1 N–H and O–H groups in total. The second kappa shape index (κ2) is 3.53. The minimum Gasteiger partial charge on any atom is -0.508 e. The highest BCUT2D eigenvalue weighted by Gasteiger charge is 2.08. The maximum Gasteiger partial charge on any atom is 0.172 e. The number of hydrogen-bond acceptors (Lipinski definition) is 4. The lowest BCUT2D eigenvalue weighted by Gasteiger charge is -2.02. The molecule has 0 bridgehead atoms. The molecule has 0 unspecified atom stereocenters. The molecule has 0 amide bonds. The third-order valence-corrected chi connectivity index (χ3v) is 2.14. The molecule has 2 rings (SSSR count). The zero-order valence-corrected chi connectivity index (χ0v) is 8.08. The van der Waals surface area contributed by atoms with Crippen LogP contribution in [0.1, 0.15) is 16.2 Å². The summed E-state index contributed by atoms with van der Waals surface area (Å²) in [6.45, 7) is 1.76. The van der Waals surface area contributed by atoms with Gasteiger partial charge in [0.15, 0.2) is 6.29 Å². The number of rotatable bonds is 2. The number of aldehydes is 1. The average molecular weight is 203 g/mol. The topological polar surface area (TPSA) is 68.0 Å². The molecule has 5 nitrogen and oxygen atoms in total. The van der Waals surface area contributed by atoms with Crippen LogP contribution in [0.3, 0.4) is 0 Å². The van der Waals surface area contributed by atoms with Crippen LogP contribution < -0.4 is 0 Å². The van der Waals surface area contributed by atoms with Gasteiger partial charge in [0.05, 0.1) is 11.4 Å². The first-order valence-electron chi connectivity index (χ1n) is 4.39. The molecule has 0 aliphatic heterocycles. The maximum atomic E-state index is 10.6. The summed E-state index contributed by atoms with van der Waals surface area (Å²) in [4.78, 5) is 10.6. The van der Waals surface area contributed by atoms with Crippen molar-refractivity contribution in [3.63, 3.8) is 0 Å². The number of phenols is 1. The Balaban J connectivity index is 2.49. The van der Waals surface area contributed by atoms with Gasteiger partial charge in [-0.25, -0.2) is 4.68 Å². The van der Waals surface area contributed by atoms with Crippen LogP contribution >= 0.6 is 0 Å². The minimum absolute atomic E-state index is 0.187. The van der Waals surface area contributed by atoms with Crippen molar-refractivity contribution >= 4 is 6.29 Å². The smallest absolute Gasteiger partial charge is 0.172 e. The normalized spacial score (nSPS) is 10.2. The summed E-state index contributed by atoms with van der Waals surface area (Å²) in [7, 11) is 0. The van der Waals surface area contributed by atoms with Gasteiger partial charge < -0.3 is 5.11 Å². The Morgan fingerprint density at radius 3 is 2.53 bits per heavy atom. The molecule has 0 atom stereocenters. The van der Waals surface area contributed by atoms with Gasteiger partial charge in [-0.15, -0.1) is 5.10 Å². The van der Waals surface area contributed by atoms with Gasteiger partial charge in [-0.1, -0.05) is 5.21 Å². The number of benzene rings is 1. The van der Waals surface area contributed by atoms with E-state index in [0.29, 0.717) is 17.7 Å². The van der Waals surface area contributed by atoms with Crippen molar-refractivity contribution in [1.82, 2.24) is 15.0 Å².